The first kappa shape index (κ1) is 32.4. The summed E-state index contributed by atoms with van der Waals surface area (Å²) in [4.78, 5) is 38.4. The summed E-state index contributed by atoms with van der Waals surface area (Å²) in [5.74, 6) is -3.51. The topological polar surface area (TPSA) is 164 Å². The molecule has 2 amide bonds. The fourth-order valence-corrected chi connectivity index (χ4v) is 2.63. The number of para-hydroxylation sites is 1. The second-order valence-electron chi connectivity index (χ2n) is 7.22. The molecule has 39 heavy (non-hydrogen) atoms. The number of aromatic nitrogens is 5. The molecule has 12 nitrogen and oxygen atoms in total. The van der Waals surface area contributed by atoms with Gasteiger partial charge in [-0.05, 0) is 18.6 Å². The zero-order valence-electron chi connectivity index (χ0n) is 20.5. The fraction of sp³-hybridized carbons (Fsp3) is 0.333. The molecule has 0 saturated heterocycles. The van der Waals surface area contributed by atoms with Crippen LogP contribution in [0.25, 0.3) is 5.69 Å². The Morgan fingerprint density at radius 2 is 1.54 bits per heavy atom. The third kappa shape index (κ3) is 10.7. The highest BCUT2D eigenvalue weighted by atomic mass is 19.4. The molecule has 0 spiro atoms. The van der Waals surface area contributed by atoms with Crippen LogP contribution in [0.15, 0.2) is 36.7 Å². The largest absolute Gasteiger partial charge is 0.490 e. The molecule has 18 heteroatoms. The van der Waals surface area contributed by atoms with Crippen LogP contribution < -0.4 is 10.6 Å². The van der Waals surface area contributed by atoms with E-state index in [4.69, 9.17) is 19.8 Å². The summed E-state index contributed by atoms with van der Waals surface area (Å²) < 4.78 is 67.1. The van der Waals surface area contributed by atoms with E-state index >= 15 is 0 Å². The van der Waals surface area contributed by atoms with E-state index in [2.05, 4.69) is 25.7 Å². The molecule has 0 saturated carbocycles. The van der Waals surface area contributed by atoms with Crippen LogP contribution >= 0.6 is 0 Å². The summed E-state index contributed by atoms with van der Waals surface area (Å²) in [6, 6.07) is 7.53. The van der Waals surface area contributed by atoms with E-state index in [0.29, 0.717) is 12.5 Å². The number of carbonyl (C=O) groups is 3. The van der Waals surface area contributed by atoms with Crippen LogP contribution in [0, 0.1) is 6.92 Å². The van der Waals surface area contributed by atoms with Gasteiger partial charge in [0.2, 0.25) is 5.95 Å². The van der Waals surface area contributed by atoms with Gasteiger partial charge in [-0.1, -0.05) is 25.1 Å². The Balaban J connectivity index is 0.000000449. The Morgan fingerprint density at radius 3 is 1.97 bits per heavy atom. The summed E-state index contributed by atoms with van der Waals surface area (Å²) in [5.41, 5.74) is 1.98. The molecule has 214 valence electrons. The number of carbonyl (C=O) groups excluding carboxylic acids is 1. The third-order valence-corrected chi connectivity index (χ3v) is 4.40. The average Bonchev–Trinajstić information content (AvgIpc) is 3.41. The normalized spacial score (nSPS) is 10.9. The van der Waals surface area contributed by atoms with Crippen molar-refractivity contribution in [2.75, 3.05) is 5.32 Å². The van der Waals surface area contributed by atoms with Crippen molar-refractivity contribution in [3.05, 3.63) is 53.9 Å². The van der Waals surface area contributed by atoms with Gasteiger partial charge in [-0.25, -0.2) is 19.4 Å². The minimum atomic E-state index is -5.08. The summed E-state index contributed by atoms with van der Waals surface area (Å²) >= 11 is 0. The van der Waals surface area contributed by atoms with E-state index in [1.165, 1.54) is 0 Å². The van der Waals surface area contributed by atoms with Crippen molar-refractivity contribution >= 4 is 23.9 Å². The molecule has 0 unspecified atom stereocenters. The van der Waals surface area contributed by atoms with Crippen LogP contribution in [0.4, 0.5) is 37.1 Å². The number of amides is 2. The second-order valence-corrected chi connectivity index (χ2v) is 7.22. The van der Waals surface area contributed by atoms with E-state index in [0.717, 1.165) is 29.3 Å². The lowest BCUT2D eigenvalue weighted by Gasteiger charge is -2.12. The van der Waals surface area contributed by atoms with E-state index < -0.39 is 24.3 Å². The van der Waals surface area contributed by atoms with Crippen LogP contribution in [0.1, 0.15) is 24.1 Å². The number of carboxylic acids is 2. The average molecular weight is 567 g/mol. The molecule has 0 radical (unpaired) electrons. The first-order chi connectivity index (χ1) is 18.0. The quantitative estimate of drug-likeness (QED) is 0.341. The molecule has 0 bridgehead atoms. The Morgan fingerprint density at radius 1 is 1.00 bits per heavy atom. The Bertz CT molecular complexity index is 1250. The SMILES string of the molecule is CCc1nc(NC(=O)NCc2ccccc2-n2ccnc2C)nn1C.O=C(O)C(F)(F)F.O=C(O)C(F)(F)F. The molecule has 2 heterocycles. The van der Waals surface area contributed by atoms with Crippen LogP contribution in [-0.4, -0.2) is 64.9 Å². The zero-order chi connectivity index (χ0) is 30.0. The molecular formula is C21H23F6N7O5. The van der Waals surface area contributed by atoms with Gasteiger partial charge in [0.05, 0.1) is 5.69 Å². The number of nitrogens with zero attached hydrogens (tertiary/aromatic N) is 5. The van der Waals surface area contributed by atoms with Crippen molar-refractivity contribution in [3.63, 3.8) is 0 Å². The number of halogens is 6. The number of urea groups is 1. The molecule has 0 atom stereocenters. The van der Waals surface area contributed by atoms with Gasteiger partial charge in [-0.2, -0.15) is 31.3 Å². The van der Waals surface area contributed by atoms with Crippen molar-refractivity contribution in [1.29, 1.82) is 0 Å². The second kappa shape index (κ2) is 13.8. The van der Waals surface area contributed by atoms with E-state index in [1.54, 1.807) is 17.9 Å². The number of rotatable bonds is 5. The van der Waals surface area contributed by atoms with Crippen molar-refractivity contribution in [1.82, 2.24) is 29.6 Å². The highest BCUT2D eigenvalue weighted by Crippen LogP contribution is 2.16. The van der Waals surface area contributed by atoms with Crippen molar-refractivity contribution < 1.29 is 50.9 Å². The van der Waals surface area contributed by atoms with Crippen LogP contribution in [0.3, 0.4) is 0 Å². The maximum Gasteiger partial charge on any atom is 0.490 e. The monoisotopic (exact) mass is 567 g/mol. The van der Waals surface area contributed by atoms with Gasteiger partial charge in [0.15, 0.2) is 0 Å². The number of carboxylic acid groups (broad SMARTS) is 2. The number of imidazole rings is 1. The van der Waals surface area contributed by atoms with Gasteiger partial charge in [0, 0.05) is 32.4 Å². The highest BCUT2D eigenvalue weighted by molar-refractivity contribution is 5.87. The number of anilines is 1. The number of alkyl halides is 6. The molecule has 3 rings (SSSR count). The lowest BCUT2D eigenvalue weighted by molar-refractivity contribution is -0.193. The molecule has 0 aliphatic rings. The summed E-state index contributed by atoms with van der Waals surface area (Å²) in [5, 5.41) is 23.9. The predicted molar refractivity (Wildman–Crippen MR) is 122 cm³/mol. The van der Waals surface area contributed by atoms with E-state index in [9.17, 15) is 31.1 Å². The first-order valence-corrected chi connectivity index (χ1v) is 10.6. The van der Waals surface area contributed by atoms with Gasteiger partial charge in [-0.15, -0.1) is 5.10 Å². The highest BCUT2D eigenvalue weighted by Gasteiger charge is 2.38. The van der Waals surface area contributed by atoms with Gasteiger partial charge in [0.25, 0.3) is 0 Å². The minimum absolute atomic E-state index is 0.301. The number of benzene rings is 1. The summed E-state index contributed by atoms with van der Waals surface area (Å²) in [6.07, 6.45) is -5.76. The number of hydrogen-bond acceptors (Lipinski definition) is 6. The van der Waals surface area contributed by atoms with E-state index in [-0.39, 0.29) is 6.03 Å². The van der Waals surface area contributed by atoms with Crippen LogP contribution in [0.5, 0.6) is 0 Å². The van der Waals surface area contributed by atoms with Crippen molar-refractivity contribution in [2.45, 2.75) is 39.2 Å². The summed E-state index contributed by atoms with van der Waals surface area (Å²) in [6.45, 7) is 4.31. The Labute approximate surface area is 216 Å². The number of aliphatic carboxylic acids is 2. The molecule has 0 aliphatic carbocycles. The number of hydrogen-bond donors (Lipinski definition) is 4. The van der Waals surface area contributed by atoms with Gasteiger partial charge < -0.3 is 20.1 Å². The summed E-state index contributed by atoms with van der Waals surface area (Å²) in [7, 11) is 1.80. The molecule has 2 aromatic heterocycles. The maximum atomic E-state index is 12.1. The molecule has 1 aromatic carbocycles. The fourth-order valence-electron chi connectivity index (χ4n) is 2.63. The van der Waals surface area contributed by atoms with Crippen molar-refractivity contribution in [2.24, 2.45) is 7.05 Å². The number of aryl methyl sites for hydroxylation is 3. The molecule has 0 aliphatic heterocycles. The third-order valence-electron chi connectivity index (χ3n) is 4.40. The molecular weight excluding hydrogens is 544 g/mol. The van der Waals surface area contributed by atoms with E-state index in [1.807, 2.05) is 48.9 Å². The lowest BCUT2D eigenvalue weighted by atomic mass is 10.1. The van der Waals surface area contributed by atoms with Gasteiger partial charge in [0.1, 0.15) is 11.6 Å². The Kier molecular flexibility index (Phi) is 11.4. The van der Waals surface area contributed by atoms with Gasteiger partial charge >= 0.3 is 30.3 Å². The standard InChI is InChI=1S/C17H21N7O.2C2HF3O2/c1-4-15-20-16(22-23(15)3)21-17(25)19-11-13-7-5-6-8-14(13)24-10-9-18-12(24)2;2*3-2(4,5)1(6)7/h5-10H,4,11H2,1-3H3,(H2,19,21,22,25);2*(H,6,7). The van der Waals surface area contributed by atoms with Crippen LogP contribution in [0.2, 0.25) is 0 Å². The lowest BCUT2D eigenvalue weighted by Crippen LogP contribution is -2.29. The number of nitrogens with one attached hydrogen (secondary N) is 2. The van der Waals surface area contributed by atoms with Gasteiger partial charge in [-0.3, -0.25) is 10.00 Å². The predicted octanol–water partition coefficient (Wildman–Crippen LogP) is 3.46. The molecule has 3 aromatic rings. The minimum Gasteiger partial charge on any atom is -0.475 e. The maximum absolute atomic E-state index is 12.1. The smallest absolute Gasteiger partial charge is 0.475 e. The first-order valence-electron chi connectivity index (χ1n) is 10.6. The zero-order valence-corrected chi connectivity index (χ0v) is 20.5. The molecule has 4 N–H and O–H groups in total. The van der Waals surface area contributed by atoms with Crippen molar-refractivity contribution in [3.8, 4) is 5.69 Å². The molecule has 0 fully saturated rings. The van der Waals surface area contributed by atoms with Crippen LogP contribution in [-0.2, 0) is 29.6 Å². The Hall–Kier alpha value is -4.64.